The molecule has 1 aliphatic rings. The lowest BCUT2D eigenvalue weighted by Gasteiger charge is -2.40. The van der Waals surface area contributed by atoms with Gasteiger partial charge in [0.2, 0.25) is 0 Å². The molecule has 1 aliphatic heterocycles. The number of para-hydroxylation sites is 2. The molecule has 1 atom stereocenters. The summed E-state index contributed by atoms with van der Waals surface area (Å²) in [6.07, 6.45) is 0. The van der Waals surface area contributed by atoms with Gasteiger partial charge in [-0.2, -0.15) is 0 Å². The van der Waals surface area contributed by atoms with E-state index < -0.39 is 0 Å². The number of rotatable bonds is 6. The number of aryl methyl sites for hydroxylation is 1. The quantitative estimate of drug-likeness (QED) is 0.595. The first kappa shape index (κ1) is 21.0. The van der Waals surface area contributed by atoms with E-state index in [-0.39, 0.29) is 18.6 Å². The van der Waals surface area contributed by atoms with Gasteiger partial charge in [-0.1, -0.05) is 42.5 Å². The molecule has 6 heteroatoms. The molecule has 1 amide bonds. The molecular weight excluding hydrogens is 392 g/mol. The Bertz CT molecular complexity index is 1030. The van der Waals surface area contributed by atoms with Gasteiger partial charge in [-0.25, -0.2) is 0 Å². The van der Waals surface area contributed by atoms with Crippen LogP contribution in [0.1, 0.15) is 33.5 Å². The molecule has 3 aromatic rings. The predicted octanol–water partition coefficient (Wildman–Crippen LogP) is 4.30. The van der Waals surface area contributed by atoms with Crippen molar-refractivity contribution in [1.82, 2.24) is 9.80 Å². The number of ether oxygens (including phenoxy) is 2. The van der Waals surface area contributed by atoms with Crippen LogP contribution in [0.25, 0.3) is 0 Å². The minimum absolute atomic E-state index is 0.00905. The number of methoxy groups -OCH3 is 1. The number of benzene rings is 2. The van der Waals surface area contributed by atoms with E-state index in [0.717, 1.165) is 24.2 Å². The molecule has 0 spiro atoms. The van der Waals surface area contributed by atoms with Crippen LogP contribution in [0.15, 0.2) is 65.1 Å². The number of hydrogen-bond donors (Lipinski definition) is 0. The summed E-state index contributed by atoms with van der Waals surface area (Å²) < 4.78 is 17.1. The van der Waals surface area contributed by atoms with E-state index in [9.17, 15) is 4.79 Å². The topological polar surface area (TPSA) is 55.2 Å². The maximum atomic E-state index is 13.5. The summed E-state index contributed by atoms with van der Waals surface area (Å²) in [4.78, 5) is 17.6. The Balaban J connectivity index is 1.52. The molecule has 1 fully saturated rings. The fourth-order valence-electron chi connectivity index (χ4n) is 3.97. The number of likely N-dealkylation sites (N-methyl/N-ethyl adjacent to an activating group) is 1. The Morgan fingerprint density at radius 2 is 1.77 bits per heavy atom. The summed E-state index contributed by atoms with van der Waals surface area (Å²) in [6.45, 7) is 4.40. The summed E-state index contributed by atoms with van der Waals surface area (Å²) >= 11 is 0. The molecule has 1 aromatic heterocycles. The average molecular weight is 421 g/mol. The van der Waals surface area contributed by atoms with Crippen molar-refractivity contribution in [2.24, 2.45) is 0 Å². The van der Waals surface area contributed by atoms with E-state index in [1.165, 1.54) is 0 Å². The molecular formula is C25H28N2O4. The second kappa shape index (κ2) is 9.27. The highest BCUT2D eigenvalue weighted by molar-refractivity contribution is 5.93. The van der Waals surface area contributed by atoms with E-state index in [4.69, 9.17) is 13.9 Å². The molecule has 0 N–H and O–H groups in total. The molecule has 4 rings (SSSR count). The second-order valence-corrected chi connectivity index (χ2v) is 7.85. The first-order valence-electron chi connectivity index (χ1n) is 10.5. The van der Waals surface area contributed by atoms with Crippen LogP contribution < -0.4 is 9.47 Å². The van der Waals surface area contributed by atoms with Gasteiger partial charge < -0.3 is 23.7 Å². The molecule has 6 nitrogen and oxygen atoms in total. The highest BCUT2D eigenvalue weighted by Crippen LogP contribution is 2.30. The van der Waals surface area contributed by atoms with Crippen molar-refractivity contribution in [3.8, 4) is 11.5 Å². The highest BCUT2D eigenvalue weighted by Gasteiger charge is 2.33. The lowest BCUT2D eigenvalue weighted by atomic mass is 10.0. The van der Waals surface area contributed by atoms with Gasteiger partial charge in [-0.15, -0.1) is 0 Å². The van der Waals surface area contributed by atoms with Crippen molar-refractivity contribution in [3.63, 3.8) is 0 Å². The zero-order valence-electron chi connectivity index (χ0n) is 18.2. The smallest absolute Gasteiger partial charge is 0.290 e. The largest absolute Gasteiger partial charge is 0.493 e. The summed E-state index contributed by atoms with van der Waals surface area (Å²) in [6, 6.07) is 19.5. The SMILES string of the molecule is COc1ccccc1OCc1cc(C)c(C(=O)N2CCN(C)CC2c2ccccc2)o1. The monoisotopic (exact) mass is 420 g/mol. The predicted molar refractivity (Wildman–Crippen MR) is 118 cm³/mol. The Morgan fingerprint density at radius 1 is 1.06 bits per heavy atom. The molecule has 31 heavy (non-hydrogen) atoms. The fraction of sp³-hybridized carbons (Fsp3) is 0.320. The third kappa shape index (κ3) is 4.59. The summed E-state index contributed by atoms with van der Waals surface area (Å²) in [5.74, 6) is 2.20. The summed E-state index contributed by atoms with van der Waals surface area (Å²) in [5.41, 5.74) is 1.95. The molecule has 1 unspecified atom stereocenters. The summed E-state index contributed by atoms with van der Waals surface area (Å²) in [7, 11) is 3.69. The minimum atomic E-state index is -0.0806. The van der Waals surface area contributed by atoms with Crippen LogP contribution in [-0.4, -0.2) is 49.5 Å². The van der Waals surface area contributed by atoms with Gasteiger partial charge in [0, 0.05) is 25.2 Å². The second-order valence-electron chi connectivity index (χ2n) is 7.85. The van der Waals surface area contributed by atoms with Crippen LogP contribution >= 0.6 is 0 Å². The van der Waals surface area contributed by atoms with E-state index >= 15 is 0 Å². The number of furan rings is 1. The first-order chi connectivity index (χ1) is 15.1. The van der Waals surface area contributed by atoms with Crippen molar-refractivity contribution in [2.45, 2.75) is 19.6 Å². The fourth-order valence-corrected chi connectivity index (χ4v) is 3.97. The maximum Gasteiger partial charge on any atom is 0.290 e. The number of hydrogen-bond acceptors (Lipinski definition) is 5. The summed E-state index contributed by atoms with van der Waals surface area (Å²) in [5, 5.41) is 0. The van der Waals surface area contributed by atoms with Gasteiger partial charge in [0.15, 0.2) is 17.3 Å². The average Bonchev–Trinajstić information content (AvgIpc) is 3.18. The van der Waals surface area contributed by atoms with Crippen molar-refractivity contribution < 1.29 is 18.7 Å². The van der Waals surface area contributed by atoms with Crippen molar-refractivity contribution in [1.29, 1.82) is 0 Å². The van der Waals surface area contributed by atoms with Crippen LogP contribution in [-0.2, 0) is 6.61 Å². The number of carbonyl (C=O) groups excluding carboxylic acids is 1. The van der Waals surface area contributed by atoms with Crippen molar-refractivity contribution in [3.05, 3.63) is 83.3 Å². The van der Waals surface area contributed by atoms with Crippen molar-refractivity contribution >= 4 is 5.91 Å². The van der Waals surface area contributed by atoms with Crippen molar-refractivity contribution in [2.75, 3.05) is 33.8 Å². The molecule has 162 valence electrons. The Kier molecular flexibility index (Phi) is 6.28. The van der Waals surface area contributed by atoms with E-state index in [1.54, 1.807) is 7.11 Å². The number of carbonyl (C=O) groups is 1. The van der Waals surface area contributed by atoms with Crippen LogP contribution in [0, 0.1) is 6.92 Å². The standard InChI is InChI=1S/C25H28N2O4/c1-18-15-20(17-30-23-12-8-7-11-22(23)29-3)31-24(18)25(28)27-14-13-26(2)16-21(27)19-9-5-4-6-10-19/h4-12,15,21H,13-14,16-17H2,1-3H3. The minimum Gasteiger partial charge on any atom is -0.493 e. The normalized spacial score (nSPS) is 16.9. The number of amides is 1. The van der Waals surface area contributed by atoms with Crippen LogP contribution in [0.2, 0.25) is 0 Å². The van der Waals surface area contributed by atoms with Gasteiger partial charge in [0.05, 0.1) is 13.2 Å². The Morgan fingerprint density at radius 3 is 2.52 bits per heavy atom. The lowest BCUT2D eigenvalue weighted by molar-refractivity contribution is 0.0463. The molecule has 0 saturated carbocycles. The van der Waals surface area contributed by atoms with Gasteiger partial charge in [0.25, 0.3) is 5.91 Å². The van der Waals surface area contributed by atoms with E-state index in [0.29, 0.717) is 29.6 Å². The molecule has 0 radical (unpaired) electrons. The molecule has 0 aliphatic carbocycles. The van der Waals surface area contributed by atoms with Crippen LogP contribution in [0.3, 0.4) is 0 Å². The molecule has 0 bridgehead atoms. The zero-order chi connectivity index (χ0) is 21.8. The maximum absolute atomic E-state index is 13.5. The lowest BCUT2D eigenvalue weighted by Crippen LogP contribution is -2.49. The van der Waals surface area contributed by atoms with E-state index in [1.807, 2.05) is 60.4 Å². The number of piperazine rings is 1. The highest BCUT2D eigenvalue weighted by atomic mass is 16.5. The van der Waals surface area contributed by atoms with Gasteiger partial charge >= 0.3 is 0 Å². The van der Waals surface area contributed by atoms with Gasteiger partial charge in [-0.05, 0) is 37.7 Å². The third-order valence-electron chi connectivity index (χ3n) is 5.63. The van der Waals surface area contributed by atoms with Gasteiger partial charge in [-0.3, -0.25) is 4.79 Å². The Labute approximate surface area is 183 Å². The van der Waals surface area contributed by atoms with Crippen LogP contribution in [0.5, 0.6) is 11.5 Å². The zero-order valence-corrected chi connectivity index (χ0v) is 18.2. The van der Waals surface area contributed by atoms with Crippen LogP contribution in [0.4, 0.5) is 0 Å². The van der Waals surface area contributed by atoms with Gasteiger partial charge in [0.1, 0.15) is 12.4 Å². The molecule has 2 heterocycles. The Hall–Kier alpha value is -3.25. The molecule has 2 aromatic carbocycles. The van der Waals surface area contributed by atoms with E-state index in [2.05, 4.69) is 24.1 Å². The third-order valence-corrected chi connectivity index (χ3v) is 5.63. The number of nitrogens with zero attached hydrogens (tertiary/aromatic N) is 2. The first-order valence-corrected chi connectivity index (χ1v) is 10.5. The molecule has 1 saturated heterocycles.